The first-order valence-electron chi connectivity index (χ1n) is 8.05. The van der Waals surface area contributed by atoms with Gasteiger partial charge >= 0.3 is 0 Å². The van der Waals surface area contributed by atoms with Gasteiger partial charge in [-0.15, -0.1) is 0 Å². The Morgan fingerprint density at radius 1 is 1.35 bits per heavy atom. The van der Waals surface area contributed by atoms with E-state index in [9.17, 15) is 0 Å². The fourth-order valence-corrected chi connectivity index (χ4v) is 3.28. The van der Waals surface area contributed by atoms with Crippen LogP contribution in [0.2, 0.25) is 0 Å². The molecule has 0 amide bonds. The van der Waals surface area contributed by atoms with Crippen LogP contribution in [0, 0.1) is 11.8 Å². The van der Waals surface area contributed by atoms with Gasteiger partial charge in [0.05, 0.1) is 12.7 Å². The van der Waals surface area contributed by atoms with E-state index >= 15 is 0 Å². The molecule has 3 nitrogen and oxygen atoms in total. The van der Waals surface area contributed by atoms with Crippen LogP contribution in [-0.4, -0.2) is 24.2 Å². The van der Waals surface area contributed by atoms with E-state index in [1.807, 2.05) is 18.3 Å². The fourth-order valence-electron chi connectivity index (χ4n) is 3.28. The van der Waals surface area contributed by atoms with Crippen molar-refractivity contribution in [1.29, 1.82) is 0 Å². The zero-order valence-corrected chi connectivity index (χ0v) is 12.6. The Balaban J connectivity index is 1.79. The summed E-state index contributed by atoms with van der Waals surface area (Å²) in [6, 6.07) is 6.04. The van der Waals surface area contributed by atoms with Gasteiger partial charge in [-0.1, -0.05) is 25.8 Å². The molecule has 3 atom stereocenters. The van der Waals surface area contributed by atoms with Crippen molar-refractivity contribution in [3.63, 3.8) is 0 Å². The van der Waals surface area contributed by atoms with Crippen LogP contribution in [0.5, 0.6) is 0 Å². The molecule has 0 spiro atoms. The third-order valence-corrected chi connectivity index (χ3v) is 4.45. The maximum atomic E-state index is 6.15. The van der Waals surface area contributed by atoms with E-state index in [0.29, 0.717) is 12.0 Å². The summed E-state index contributed by atoms with van der Waals surface area (Å²) in [7, 11) is 0. The first kappa shape index (κ1) is 15.5. The van der Waals surface area contributed by atoms with Gasteiger partial charge < -0.3 is 10.5 Å². The van der Waals surface area contributed by atoms with Gasteiger partial charge in [0.1, 0.15) is 0 Å². The minimum absolute atomic E-state index is 0.356. The highest BCUT2D eigenvalue weighted by Gasteiger charge is 2.29. The highest BCUT2D eigenvalue weighted by Crippen LogP contribution is 2.33. The van der Waals surface area contributed by atoms with E-state index < -0.39 is 0 Å². The van der Waals surface area contributed by atoms with Crippen molar-refractivity contribution in [1.82, 2.24) is 4.98 Å². The smallest absolute Gasteiger partial charge is 0.0618 e. The predicted molar refractivity (Wildman–Crippen MR) is 82.5 cm³/mol. The van der Waals surface area contributed by atoms with Crippen molar-refractivity contribution < 1.29 is 4.74 Å². The number of aromatic nitrogens is 1. The van der Waals surface area contributed by atoms with E-state index in [0.717, 1.165) is 31.2 Å². The molecule has 2 rings (SSSR count). The van der Waals surface area contributed by atoms with Gasteiger partial charge in [-0.25, -0.2) is 0 Å². The standard InChI is InChI=1S/C17H28N2O/c1-2-5-14-7-8-15(13-18)17(12-14)20-11-9-16-6-3-4-10-19-16/h3-4,6,10,14-15,17H,2,5,7-9,11-13,18H2,1H3. The second-order valence-electron chi connectivity index (χ2n) is 5.94. The first-order chi connectivity index (χ1) is 9.83. The zero-order valence-electron chi connectivity index (χ0n) is 12.6. The van der Waals surface area contributed by atoms with E-state index in [1.54, 1.807) is 0 Å². The van der Waals surface area contributed by atoms with Crippen molar-refractivity contribution in [2.75, 3.05) is 13.2 Å². The Morgan fingerprint density at radius 3 is 2.95 bits per heavy atom. The molecular weight excluding hydrogens is 248 g/mol. The lowest BCUT2D eigenvalue weighted by atomic mass is 9.78. The lowest BCUT2D eigenvalue weighted by Crippen LogP contribution is -2.36. The van der Waals surface area contributed by atoms with Crippen LogP contribution < -0.4 is 5.73 Å². The molecule has 2 N–H and O–H groups in total. The highest BCUT2D eigenvalue weighted by atomic mass is 16.5. The number of hydrogen-bond donors (Lipinski definition) is 1. The molecule has 3 unspecified atom stereocenters. The monoisotopic (exact) mass is 276 g/mol. The number of hydrogen-bond acceptors (Lipinski definition) is 3. The average Bonchev–Trinajstić information content (AvgIpc) is 2.49. The Morgan fingerprint density at radius 2 is 2.25 bits per heavy atom. The van der Waals surface area contributed by atoms with Crippen LogP contribution in [-0.2, 0) is 11.2 Å². The summed E-state index contributed by atoms with van der Waals surface area (Å²) >= 11 is 0. The second kappa shape index (κ2) is 8.38. The van der Waals surface area contributed by atoms with Crippen molar-refractivity contribution in [2.24, 2.45) is 17.6 Å². The largest absolute Gasteiger partial charge is 0.377 e. The highest BCUT2D eigenvalue weighted by molar-refractivity contribution is 5.03. The predicted octanol–water partition coefficient (Wildman–Crippen LogP) is 3.18. The maximum Gasteiger partial charge on any atom is 0.0618 e. The summed E-state index contributed by atoms with van der Waals surface area (Å²) in [5.74, 6) is 1.38. The Bertz CT molecular complexity index is 369. The molecule has 1 aromatic rings. The molecule has 1 saturated carbocycles. The molecule has 112 valence electrons. The molecule has 0 saturated heterocycles. The third-order valence-electron chi connectivity index (χ3n) is 4.45. The molecule has 1 aliphatic carbocycles. The Hall–Kier alpha value is -0.930. The van der Waals surface area contributed by atoms with Gasteiger partial charge in [-0.2, -0.15) is 0 Å². The van der Waals surface area contributed by atoms with E-state index in [1.165, 1.54) is 32.1 Å². The molecule has 3 heteroatoms. The summed E-state index contributed by atoms with van der Waals surface area (Å²) < 4.78 is 6.15. The molecule has 20 heavy (non-hydrogen) atoms. The number of ether oxygens (including phenoxy) is 1. The lowest BCUT2D eigenvalue weighted by molar-refractivity contribution is -0.0232. The number of nitrogens with zero attached hydrogens (tertiary/aromatic N) is 1. The quantitative estimate of drug-likeness (QED) is 0.832. The van der Waals surface area contributed by atoms with Crippen molar-refractivity contribution >= 4 is 0 Å². The van der Waals surface area contributed by atoms with Crippen molar-refractivity contribution in [2.45, 2.75) is 51.6 Å². The third kappa shape index (κ3) is 4.57. The van der Waals surface area contributed by atoms with Crippen LogP contribution in [0.15, 0.2) is 24.4 Å². The summed E-state index contributed by atoms with van der Waals surface area (Å²) in [6.07, 6.45) is 9.45. The molecule has 0 bridgehead atoms. The Labute approximate surface area is 122 Å². The average molecular weight is 276 g/mol. The minimum Gasteiger partial charge on any atom is -0.377 e. The van der Waals surface area contributed by atoms with E-state index in [-0.39, 0.29) is 0 Å². The fraction of sp³-hybridized carbons (Fsp3) is 0.706. The molecule has 0 aliphatic heterocycles. The first-order valence-corrected chi connectivity index (χ1v) is 8.05. The number of rotatable bonds is 7. The Kier molecular flexibility index (Phi) is 6.48. The number of pyridine rings is 1. The molecule has 0 aromatic carbocycles. The van der Waals surface area contributed by atoms with Gasteiger partial charge in [0, 0.05) is 18.3 Å². The van der Waals surface area contributed by atoms with Gasteiger partial charge in [0.2, 0.25) is 0 Å². The summed E-state index contributed by atoms with van der Waals surface area (Å²) in [5.41, 5.74) is 7.01. The maximum absolute atomic E-state index is 6.15. The molecule has 1 heterocycles. The molecule has 1 aliphatic rings. The summed E-state index contributed by atoms with van der Waals surface area (Å²) in [5, 5.41) is 0. The summed E-state index contributed by atoms with van der Waals surface area (Å²) in [6.45, 7) is 3.79. The summed E-state index contributed by atoms with van der Waals surface area (Å²) in [4.78, 5) is 4.34. The van der Waals surface area contributed by atoms with Gasteiger partial charge in [-0.05, 0) is 49.8 Å². The van der Waals surface area contributed by atoms with Crippen LogP contribution in [0.1, 0.15) is 44.7 Å². The molecule has 1 fully saturated rings. The molecular formula is C17H28N2O. The van der Waals surface area contributed by atoms with Gasteiger partial charge in [0.15, 0.2) is 0 Å². The SMILES string of the molecule is CCCC1CCC(CN)C(OCCc2ccccn2)C1. The van der Waals surface area contributed by atoms with Crippen LogP contribution in [0.4, 0.5) is 0 Å². The van der Waals surface area contributed by atoms with E-state index in [2.05, 4.69) is 18.0 Å². The second-order valence-corrected chi connectivity index (χ2v) is 5.94. The molecule has 0 radical (unpaired) electrons. The van der Waals surface area contributed by atoms with Gasteiger partial charge in [0.25, 0.3) is 0 Å². The van der Waals surface area contributed by atoms with Crippen molar-refractivity contribution in [3.8, 4) is 0 Å². The van der Waals surface area contributed by atoms with Gasteiger partial charge in [-0.3, -0.25) is 4.98 Å². The topological polar surface area (TPSA) is 48.1 Å². The lowest BCUT2D eigenvalue weighted by Gasteiger charge is -2.35. The normalized spacial score (nSPS) is 26.6. The zero-order chi connectivity index (χ0) is 14.2. The number of nitrogens with two attached hydrogens (primary N) is 1. The minimum atomic E-state index is 0.356. The van der Waals surface area contributed by atoms with Crippen LogP contribution in [0.25, 0.3) is 0 Å². The van der Waals surface area contributed by atoms with Crippen LogP contribution in [0.3, 0.4) is 0 Å². The molecule has 1 aromatic heterocycles. The van der Waals surface area contributed by atoms with Crippen molar-refractivity contribution in [3.05, 3.63) is 30.1 Å². The van der Waals surface area contributed by atoms with E-state index in [4.69, 9.17) is 10.5 Å². The van der Waals surface area contributed by atoms with Crippen LogP contribution >= 0.6 is 0 Å².